The molecule has 0 radical (unpaired) electrons. The first kappa shape index (κ1) is 25.5. The Morgan fingerprint density at radius 2 is 1.63 bits per heavy atom. The number of nitrogens with one attached hydrogen (secondary N) is 3. The third-order valence-corrected chi connectivity index (χ3v) is 4.20. The average Bonchev–Trinajstić information content (AvgIpc) is 2.75. The number of amides is 1. The second-order valence-corrected chi connectivity index (χ2v) is 6.30. The number of hydrogen-bond donors (Lipinski definition) is 3. The third kappa shape index (κ3) is 7.74. The largest absolute Gasteiger partial charge is 0.493 e. The van der Waals surface area contributed by atoms with Crippen LogP contribution in [0.3, 0.4) is 0 Å². The van der Waals surface area contributed by atoms with E-state index in [1.54, 1.807) is 20.3 Å². The molecule has 0 saturated heterocycles. The quantitative estimate of drug-likeness (QED) is 0.265. The van der Waals surface area contributed by atoms with Crippen LogP contribution in [0.15, 0.2) is 47.5 Å². The Labute approximate surface area is 195 Å². The predicted octanol–water partition coefficient (Wildman–Crippen LogP) is 3.33. The number of nitrogens with zero attached hydrogens (tertiary/aromatic N) is 1. The van der Waals surface area contributed by atoms with E-state index >= 15 is 0 Å². The molecule has 0 fully saturated rings. The maximum Gasteiger partial charge on any atom is 0.251 e. The van der Waals surface area contributed by atoms with Crippen LogP contribution in [0.5, 0.6) is 11.5 Å². The monoisotopic (exact) mass is 526 g/mol. The molecule has 0 aliphatic heterocycles. The van der Waals surface area contributed by atoms with E-state index in [1.165, 1.54) is 0 Å². The minimum atomic E-state index is -0.0724. The molecule has 0 bridgehead atoms. The summed E-state index contributed by atoms with van der Waals surface area (Å²) in [5, 5.41) is 9.36. The highest BCUT2D eigenvalue weighted by Gasteiger charge is 2.07. The third-order valence-electron chi connectivity index (χ3n) is 4.20. The number of ether oxygens (including phenoxy) is 2. The van der Waals surface area contributed by atoms with Crippen molar-refractivity contribution in [3.8, 4) is 11.5 Å². The lowest BCUT2D eigenvalue weighted by atomic mass is 10.1. The molecule has 0 heterocycles. The lowest BCUT2D eigenvalue weighted by Gasteiger charge is -2.13. The molecule has 0 aromatic heterocycles. The number of aliphatic imine (C=N–C) groups is 1. The summed E-state index contributed by atoms with van der Waals surface area (Å²) in [6.45, 7) is 6.32. The number of benzene rings is 2. The summed E-state index contributed by atoms with van der Waals surface area (Å²) in [6, 6.07) is 13.3. The molecule has 0 aliphatic carbocycles. The lowest BCUT2D eigenvalue weighted by molar-refractivity contribution is 0.0955. The van der Waals surface area contributed by atoms with Gasteiger partial charge in [0, 0.05) is 25.2 Å². The molecule has 30 heavy (non-hydrogen) atoms. The Morgan fingerprint density at radius 1 is 0.900 bits per heavy atom. The van der Waals surface area contributed by atoms with Crippen molar-refractivity contribution in [3.63, 3.8) is 0 Å². The molecule has 0 atom stereocenters. The molecule has 0 unspecified atom stereocenters. The summed E-state index contributed by atoms with van der Waals surface area (Å²) >= 11 is 0. The number of carbonyl (C=O) groups excluding carboxylic acids is 1. The van der Waals surface area contributed by atoms with Gasteiger partial charge in [-0.25, -0.2) is 4.99 Å². The molecule has 2 aromatic rings. The van der Waals surface area contributed by atoms with Crippen molar-refractivity contribution < 1.29 is 14.3 Å². The van der Waals surface area contributed by atoms with E-state index in [0.29, 0.717) is 42.7 Å². The van der Waals surface area contributed by atoms with Crippen LogP contribution < -0.4 is 25.4 Å². The molecule has 1 amide bonds. The van der Waals surface area contributed by atoms with E-state index < -0.39 is 0 Å². The Kier molecular flexibility index (Phi) is 11.7. The SMILES string of the molecule is CCNC(=O)c1cccc(CN=C(NCC)NCc2ccc(OC)c(OC)c2)c1.I. The first-order chi connectivity index (χ1) is 14.1. The van der Waals surface area contributed by atoms with E-state index in [4.69, 9.17) is 9.47 Å². The van der Waals surface area contributed by atoms with Crippen molar-refractivity contribution in [1.82, 2.24) is 16.0 Å². The number of carbonyl (C=O) groups is 1. The minimum absolute atomic E-state index is 0. The topological polar surface area (TPSA) is 84.0 Å². The van der Waals surface area contributed by atoms with Crippen LogP contribution in [0.1, 0.15) is 35.3 Å². The Morgan fingerprint density at radius 3 is 2.30 bits per heavy atom. The summed E-state index contributed by atoms with van der Waals surface area (Å²) < 4.78 is 10.6. The first-order valence-electron chi connectivity index (χ1n) is 9.71. The lowest BCUT2D eigenvalue weighted by Crippen LogP contribution is -2.36. The fraction of sp³-hybridized carbons (Fsp3) is 0.364. The van der Waals surface area contributed by atoms with Crippen LogP contribution in [-0.2, 0) is 13.1 Å². The molecule has 3 N–H and O–H groups in total. The van der Waals surface area contributed by atoms with Crippen LogP contribution in [0.25, 0.3) is 0 Å². The van der Waals surface area contributed by atoms with Crippen LogP contribution in [0, 0.1) is 0 Å². The van der Waals surface area contributed by atoms with Crippen molar-refractivity contribution in [2.45, 2.75) is 26.9 Å². The van der Waals surface area contributed by atoms with Gasteiger partial charge in [0.15, 0.2) is 17.5 Å². The standard InChI is InChI=1S/C22H30N4O3.HI/c1-5-23-21(27)18-9-7-8-16(12-18)14-25-22(24-6-2)26-15-17-10-11-19(28-3)20(13-17)29-4;/h7-13H,5-6,14-15H2,1-4H3,(H,23,27)(H2,24,25,26);1H. The van der Waals surface area contributed by atoms with Gasteiger partial charge in [0.05, 0.1) is 20.8 Å². The van der Waals surface area contributed by atoms with Crippen LogP contribution in [0.4, 0.5) is 0 Å². The Balaban J connectivity index is 0.00000450. The van der Waals surface area contributed by atoms with Gasteiger partial charge in [0.1, 0.15) is 0 Å². The van der Waals surface area contributed by atoms with Crippen molar-refractivity contribution in [2.75, 3.05) is 27.3 Å². The highest BCUT2D eigenvalue weighted by Crippen LogP contribution is 2.27. The maximum absolute atomic E-state index is 12.0. The summed E-state index contributed by atoms with van der Waals surface area (Å²) in [4.78, 5) is 16.6. The molecule has 8 heteroatoms. The molecule has 0 saturated carbocycles. The molecule has 7 nitrogen and oxygen atoms in total. The van der Waals surface area contributed by atoms with Gasteiger partial charge in [-0.2, -0.15) is 0 Å². The van der Waals surface area contributed by atoms with Gasteiger partial charge in [0.2, 0.25) is 0 Å². The molecule has 2 rings (SSSR count). The molecule has 0 spiro atoms. The molecule has 164 valence electrons. The summed E-state index contributed by atoms with van der Waals surface area (Å²) in [5.41, 5.74) is 2.66. The smallest absolute Gasteiger partial charge is 0.251 e. The van der Waals surface area contributed by atoms with Crippen LogP contribution in [-0.4, -0.2) is 39.2 Å². The van der Waals surface area contributed by atoms with Gasteiger partial charge in [-0.15, -0.1) is 24.0 Å². The van der Waals surface area contributed by atoms with Gasteiger partial charge < -0.3 is 25.4 Å². The fourth-order valence-electron chi connectivity index (χ4n) is 2.76. The average molecular weight is 526 g/mol. The van der Waals surface area contributed by atoms with Gasteiger partial charge in [-0.3, -0.25) is 4.79 Å². The van der Waals surface area contributed by atoms with E-state index in [0.717, 1.165) is 17.7 Å². The number of hydrogen-bond acceptors (Lipinski definition) is 4. The molecule has 2 aromatic carbocycles. The van der Waals surface area contributed by atoms with Gasteiger partial charge in [-0.1, -0.05) is 18.2 Å². The van der Waals surface area contributed by atoms with Crippen LogP contribution in [0.2, 0.25) is 0 Å². The van der Waals surface area contributed by atoms with Gasteiger partial charge in [-0.05, 0) is 49.2 Å². The molecular weight excluding hydrogens is 495 g/mol. The summed E-state index contributed by atoms with van der Waals surface area (Å²) in [7, 11) is 3.24. The zero-order valence-corrected chi connectivity index (χ0v) is 20.3. The summed E-state index contributed by atoms with van der Waals surface area (Å²) in [5.74, 6) is 2.02. The second kappa shape index (κ2) is 13.7. The van der Waals surface area contributed by atoms with Crippen molar-refractivity contribution in [3.05, 3.63) is 59.2 Å². The van der Waals surface area contributed by atoms with Crippen LogP contribution >= 0.6 is 24.0 Å². The fourth-order valence-corrected chi connectivity index (χ4v) is 2.76. The van der Waals surface area contributed by atoms with Gasteiger partial charge in [0.25, 0.3) is 5.91 Å². The van der Waals surface area contributed by atoms with E-state index in [-0.39, 0.29) is 29.9 Å². The van der Waals surface area contributed by atoms with Crippen molar-refractivity contribution in [2.24, 2.45) is 4.99 Å². The summed E-state index contributed by atoms with van der Waals surface area (Å²) in [6.07, 6.45) is 0. The number of halogens is 1. The molecule has 0 aliphatic rings. The number of guanidine groups is 1. The van der Waals surface area contributed by atoms with E-state index in [2.05, 4.69) is 20.9 Å². The highest BCUT2D eigenvalue weighted by molar-refractivity contribution is 14.0. The number of rotatable bonds is 9. The second-order valence-electron chi connectivity index (χ2n) is 6.30. The van der Waals surface area contributed by atoms with Crippen molar-refractivity contribution in [1.29, 1.82) is 0 Å². The molecular formula is C22H31IN4O3. The minimum Gasteiger partial charge on any atom is -0.493 e. The van der Waals surface area contributed by atoms with E-state index in [9.17, 15) is 4.79 Å². The zero-order valence-electron chi connectivity index (χ0n) is 18.0. The van der Waals surface area contributed by atoms with Gasteiger partial charge >= 0.3 is 0 Å². The highest BCUT2D eigenvalue weighted by atomic mass is 127. The number of methoxy groups -OCH3 is 2. The van der Waals surface area contributed by atoms with Crippen molar-refractivity contribution >= 4 is 35.8 Å². The first-order valence-corrected chi connectivity index (χ1v) is 9.71. The normalized spacial score (nSPS) is 10.6. The predicted molar refractivity (Wildman–Crippen MR) is 131 cm³/mol. The maximum atomic E-state index is 12.0. The van der Waals surface area contributed by atoms with E-state index in [1.807, 2.05) is 50.2 Å². The Bertz CT molecular complexity index is 843. The zero-order chi connectivity index (χ0) is 21.1. The Hall–Kier alpha value is -2.49.